The second kappa shape index (κ2) is 10.8. The van der Waals surface area contributed by atoms with Crippen molar-refractivity contribution in [3.05, 3.63) is 29.3 Å². The smallest absolute Gasteiger partial charge is 0.302 e. The van der Waals surface area contributed by atoms with Crippen molar-refractivity contribution in [3.63, 3.8) is 0 Å². The molecule has 1 aromatic rings. The van der Waals surface area contributed by atoms with Gasteiger partial charge >= 0.3 is 5.97 Å². The van der Waals surface area contributed by atoms with Gasteiger partial charge in [0, 0.05) is 31.1 Å². The normalized spacial score (nSPS) is 35.5. The van der Waals surface area contributed by atoms with Crippen molar-refractivity contribution in [3.8, 4) is 5.75 Å². The van der Waals surface area contributed by atoms with Gasteiger partial charge in [-0.3, -0.25) is 9.59 Å². The summed E-state index contributed by atoms with van der Waals surface area (Å²) in [5.41, 5.74) is 1.80. The maximum Gasteiger partial charge on any atom is 0.302 e. The Kier molecular flexibility index (Phi) is 7.71. The van der Waals surface area contributed by atoms with Gasteiger partial charge in [0.25, 0.3) is 0 Å². The summed E-state index contributed by atoms with van der Waals surface area (Å²) >= 11 is 0. The molecule has 0 spiro atoms. The number of unbranched alkanes of at least 4 members (excludes halogenated alkanes) is 2. The number of fused-ring (bicyclic) bond motifs is 5. The van der Waals surface area contributed by atoms with E-state index in [9.17, 15) is 9.59 Å². The van der Waals surface area contributed by atoms with Crippen LogP contribution in [0.25, 0.3) is 0 Å². The minimum Gasteiger partial charge on any atom is -0.466 e. The summed E-state index contributed by atoms with van der Waals surface area (Å²) in [6, 6.07) is 6.20. The van der Waals surface area contributed by atoms with Crippen LogP contribution in [0.4, 0.5) is 4.39 Å². The molecule has 4 aliphatic rings. The van der Waals surface area contributed by atoms with E-state index in [4.69, 9.17) is 14.2 Å². The molecule has 5 nitrogen and oxygen atoms in total. The second-order valence-electron chi connectivity index (χ2n) is 11.7. The van der Waals surface area contributed by atoms with E-state index in [2.05, 4.69) is 12.1 Å². The van der Waals surface area contributed by atoms with Crippen molar-refractivity contribution >= 4 is 11.8 Å². The molecule has 2 saturated carbocycles. The molecule has 1 heterocycles. The second-order valence-corrected chi connectivity index (χ2v) is 11.7. The monoisotopic (exact) mass is 500 g/mol. The Morgan fingerprint density at radius 3 is 2.83 bits per heavy atom. The molecule has 3 aliphatic carbocycles. The molecule has 6 heteroatoms. The van der Waals surface area contributed by atoms with E-state index in [1.54, 1.807) is 0 Å². The minimum atomic E-state index is -1.00. The SMILES string of the molecule is CC(=O)OCCCCC[C@@H]1Cc2cc(OC3CCCCO3)ccc2[C@@H]2[C@@H]1[C@@H]1CCC(=O)[C@@]1(C)C[C@@H]2F. The molecule has 1 unspecified atom stereocenters. The molecule has 0 aromatic heterocycles. The van der Waals surface area contributed by atoms with Crippen LogP contribution in [0.3, 0.4) is 0 Å². The highest BCUT2D eigenvalue weighted by molar-refractivity contribution is 5.87. The molecule has 1 saturated heterocycles. The molecule has 5 rings (SSSR count). The van der Waals surface area contributed by atoms with Crippen LogP contribution in [0.2, 0.25) is 0 Å². The zero-order chi connectivity index (χ0) is 25.3. The lowest BCUT2D eigenvalue weighted by atomic mass is 9.51. The summed E-state index contributed by atoms with van der Waals surface area (Å²) in [7, 11) is 0. The highest BCUT2D eigenvalue weighted by atomic mass is 19.1. The number of esters is 1. The van der Waals surface area contributed by atoms with E-state index in [1.165, 1.54) is 12.5 Å². The van der Waals surface area contributed by atoms with Crippen LogP contribution >= 0.6 is 0 Å². The third-order valence-corrected chi connectivity index (χ3v) is 9.46. The number of Topliss-reactive ketones (excluding diaryl/α,β-unsaturated/α-hetero) is 1. The average Bonchev–Trinajstić information content (AvgIpc) is 3.15. The zero-order valence-corrected chi connectivity index (χ0v) is 21.8. The quantitative estimate of drug-likeness (QED) is 0.309. The number of hydrogen-bond acceptors (Lipinski definition) is 5. The van der Waals surface area contributed by atoms with Gasteiger partial charge in [0.05, 0.1) is 13.2 Å². The first-order chi connectivity index (χ1) is 17.4. The van der Waals surface area contributed by atoms with Crippen molar-refractivity contribution in [1.29, 1.82) is 0 Å². The summed E-state index contributed by atoms with van der Waals surface area (Å²) in [6.07, 6.45) is 8.47. The van der Waals surface area contributed by atoms with Gasteiger partial charge < -0.3 is 14.2 Å². The maximum atomic E-state index is 16.0. The Balaban J connectivity index is 1.36. The number of ether oxygens (including phenoxy) is 3. The van der Waals surface area contributed by atoms with Crippen LogP contribution in [0.15, 0.2) is 18.2 Å². The van der Waals surface area contributed by atoms with Crippen molar-refractivity contribution in [2.24, 2.45) is 23.2 Å². The lowest BCUT2D eigenvalue weighted by Crippen LogP contribution is -2.50. The molecular formula is C30H41FO5. The van der Waals surface area contributed by atoms with Gasteiger partial charge in [0.1, 0.15) is 17.7 Å². The van der Waals surface area contributed by atoms with Crippen LogP contribution in [0.5, 0.6) is 5.75 Å². The summed E-state index contributed by atoms with van der Waals surface area (Å²) in [5.74, 6) is 1.48. The molecule has 36 heavy (non-hydrogen) atoms. The van der Waals surface area contributed by atoms with Crippen molar-refractivity contribution in [1.82, 2.24) is 0 Å². The minimum absolute atomic E-state index is 0.149. The van der Waals surface area contributed by atoms with Gasteiger partial charge in [-0.1, -0.05) is 25.8 Å². The van der Waals surface area contributed by atoms with E-state index in [-0.39, 0.29) is 35.8 Å². The topological polar surface area (TPSA) is 61.8 Å². The molecule has 1 aromatic carbocycles. The number of carbonyl (C=O) groups is 2. The molecule has 7 atom stereocenters. The molecule has 3 fully saturated rings. The fraction of sp³-hybridized carbons (Fsp3) is 0.733. The number of halogens is 1. The average molecular weight is 501 g/mol. The van der Waals surface area contributed by atoms with E-state index in [0.717, 1.165) is 75.7 Å². The van der Waals surface area contributed by atoms with Crippen LogP contribution in [-0.4, -0.2) is 37.4 Å². The van der Waals surface area contributed by atoms with Crippen LogP contribution in [0.1, 0.15) is 95.1 Å². The molecule has 198 valence electrons. The molecule has 0 amide bonds. The fourth-order valence-electron chi connectivity index (χ4n) is 7.75. The number of ketones is 1. The predicted molar refractivity (Wildman–Crippen MR) is 135 cm³/mol. The Labute approximate surface area is 214 Å². The van der Waals surface area contributed by atoms with E-state index in [1.807, 2.05) is 13.0 Å². The summed E-state index contributed by atoms with van der Waals surface area (Å²) in [4.78, 5) is 23.9. The van der Waals surface area contributed by atoms with Crippen LogP contribution in [0, 0.1) is 23.2 Å². The third kappa shape index (κ3) is 5.07. The van der Waals surface area contributed by atoms with E-state index < -0.39 is 11.6 Å². The molecule has 0 radical (unpaired) electrons. The summed E-state index contributed by atoms with van der Waals surface area (Å²) in [5, 5.41) is 0. The van der Waals surface area contributed by atoms with Crippen molar-refractivity contribution in [2.75, 3.05) is 13.2 Å². The van der Waals surface area contributed by atoms with Gasteiger partial charge in [0.15, 0.2) is 6.29 Å². The Morgan fingerprint density at radius 1 is 1.19 bits per heavy atom. The van der Waals surface area contributed by atoms with Gasteiger partial charge in [-0.2, -0.15) is 0 Å². The number of alkyl halides is 1. The fourth-order valence-corrected chi connectivity index (χ4v) is 7.75. The van der Waals surface area contributed by atoms with Crippen molar-refractivity contribution < 1.29 is 28.2 Å². The van der Waals surface area contributed by atoms with Crippen LogP contribution < -0.4 is 4.74 Å². The molecule has 0 N–H and O–H groups in total. The lowest BCUT2D eigenvalue weighted by molar-refractivity contribution is -0.141. The number of hydrogen-bond donors (Lipinski definition) is 0. The van der Waals surface area contributed by atoms with Gasteiger partial charge in [-0.15, -0.1) is 0 Å². The van der Waals surface area contributed by atoms with Gasteiger partial charge in [-0.05, 0) is 86.0 Å². The largest absolute Gasteiger partial charge is 0.466 e. The Morgan fingerprint density at radius 2 is 2.06 bits per heavy atom. The molecular weight excluding hydrogens is 459 g/mol. The molecule has 1 aliphatic heterocycles. The lowest BCUT2D eigenvalue weighted by Gasteiger charge is -2.53. The Hall–Kier alpha value is -1.95. The number of carbonyl (C=O) groups excluding carboxylic acids is 2. The predicted octanol–water partition coefficient (Wildman–Crippen LogP) is 6.31. The summed E-state index contributed by atoms with van der Waals surface area (Å²) in [6.45, 7) is 4.67. The van der Waals surface area contributed by atoms with E-state index >= 15 is 4.39 Å². The standard InChI is InChI=1S/C30H41FO5/c1-19(32)34-14-6-3-4-8-20-16-21-17-22(36-27-9-5-7-15-35-27)10-11-23(21)29-25(31)18-30(2)24(28(20)29)12-13-26(30)33/h10-11,17,20,24-25,27-29H,3-9,12-16,18H2,1-2H3/t20-,24+,25+,27?,28+,29+,30+/m1/s1. The van der Waals surface area contributed by atoms with Gasteiger partial charge in [0.2, 0.25) is 0 Å². The first-order valence-corrected chi connectivity index (χ1v) is 14.1. The Bertz CT molecular complexity index is 957. The van der Waals surface area contributed by atoms with Crippen LogP contribution in [-0.2, 0) is 25.5 Å². The summed E-state index contributed by atoms with van der Waals surface area (Å²) < 4.78 is 33.0. The highest BCUT2D eigenvalue weighted by Crippen LogP contribution is 2.62. The first-order valence-electron chi connectivity index (χ1n) is 14.1. The third-order valence-electron chi connectivity index (χ3n) is 9.46. The van der Waals surface area contributed by atoms with Crippen molar-refractivity contribution in [2.45, 2.75) is 103 Å². The highest BCUT2D eigenvalue weighted by Gasteiger charge is 2.60. The first kappa shape index (κ1) is 25.7. The van der Waals surface area contributed by atoms with Gasteiger partial charge in [-0.25, -0.2) is 4.39 Å². The molecule has 0 bridgehead atoms. The van der Waals surface area contributed by atoms with E-state index in [0.29, 0.717) is 25.4 Å². The zero-order valence-electron chi connectivity index (χ0n) is 21.8. The number of rotatable bonds is 8. The number of benzene rings is 1. The maximum absolute atomic E-state index is 16.0.